The SMILES string of the molecule is CCCNC(=O)CC(C#N)NCC(C)C. The van der Waals surface area contributed by atoms with Gasteiger partial charge in [0.05, 0.1) is 12.5 Å². The normalized spacial score (nSPS) is 12.2. The number of amides is 1. The Morgan fingerprint density at radius 2 is 2.13 bits per heavy atom. The quantitative estimate of drug-likeness (QED) is 0.661. The van der Waals surface area contributed by atoms with E-state index in [-0.39, 0.29) is 18.4 Å². The van der Waals surface area contributed by atoms with Crippen molar-refractivity contribution in [3.63, 3.8) is 0 Å². The molecule has 0 saturated heterocycles. The Hall–Kier alpha value is -1.08. The number of nitrogens with zero attached hydrogens (tertiary/aromatic N) is 1. The summed E-state index contributed by atoms with van der Waals surface area (Å²) in [6.45, 7) is 7.58. The molecule has 0 radical (unpaired) electrons. The average Bonchev–Trinajstić information content (AvgIpc) is 2.20. The van der Waals surface area contributed by atoms with E-state index in [0.29, 0.717) is 12.5 Å². The topological polar surface area (TPSA) is 64.9 Å². The molecule has 4 nitrogen and oxygen atoms in total. The molecule has 0 saturated carbocycles. The second-order valence-electron chi connectivity index (χ2n) is 4.04. The van der Waals surface area contributed by atoms with Crippen LogP contribution in [0.4, 0.5) is 0 Å². The van der Waals surface area contributed by atoms with Crippen LogP contribution in [0.25, 0.3) is 0 Å². The molecule has 0 rings (SSSR count). The summed E-state index contributed by atoms with van der Waals surface area (Å²) in [5, 5.41) is 14.6. The second kappa shape index (κ2) is 8.25. The molecule has 1 atom stereocenters. The summed E-state index contributed by atoms with van der Waals surface area (Å²) >= 11 is 0. The van der Waals surface area contributed by atoms with Crippen LogP contribution in [-0.4, -0.2) is 25.0 Å². The zero-order valence-corrected chi connectivity index (χ0v) is 9.84. The lowest BCUT2D eigenvalue weighted by atomic mass is 10.1. The lowest BCUT2D eigenvalue weighted by molar-refractivity contribution is -0.121. The number of nitriles is 1. The first kappa shape index (κ1) is 13.9. The third-order valence-electron chi connectivity index (χ3n) is 1.89. The highest BCUT2D eigenvalue weighted by Crippen LogP contribution is 1.94. The summed E-state index contributed by atoms with van der Waals surface area (Å²) in [6.07, 6.45) is 1.16. The molecule has 0 heterocycles. The minimum Gasteiger partial charge on any atom is -0.356 e. The molecule has 0 spiro atoms. The first-order valence-electron chi connectivity index (χ1n) is 5.49. The van der Waals surface area contributed by atoms with Crippen LogP contribution in [0.3, 0.4) is 0 Å². The first-order chi connectivity index (χ1) is 7.10. The Balaban J connectivity index is 3.79. The molecule has 0 fully saturated rings. The van der Waals surface area contributed by atoms with Gasteiger partial charge in [-0.05, 0) is 18.9 Å². The van der Waals surface area contributed by atoms with Crippen LogP contribution in [0.2, 0.25) is 0 Å². The number of carbonyl (C=O) groups is 1. The molecule has 1 amide bonds. The van der Waals surface area contributed by atoms with Crippen LogP contribution in [-0.2, 0) is 4.79 Å². The summed E-state index contributed by atoms with van der Waals surface area (Å²) in [7, 11) is 0. The molecule has 1 unspecified atom stereocenters. The standard InChI is InChI=1S/C11H21N3O/c1-4-5-13-11(15)6-10(7-12)14-8-9(2)3/h9-10,14H,4-6,8H2,1-3H3,(H,13,15). The van der Waals surface area contributed by atoms with Gasteiger partial charge in [-0.25, -0.2) is 0 Å². The van der Waals surface area contributed by atoms with Crippen LogP contribution in [0.15, 0.2) is 0 Å². The van der Waals surface area contributed by atoms with E-state index in [1.165, 1.54) is 0 Å². The highest BCUT2D eigenvalue weighted by atomic mass is 16.1. The van der Waals surface area contributed by atoms with Gasteiger partial charge in [0, 0.05) is 6.54 Å². The predicted molar refractivity (Wildman–Crippen MR) is 60.2 cm³/mol. The molecular formula is C11H21N3O. The highest BCUT2D eigenvalue weighted by molar-refractivity contribution is 5.76. The molecule has 0 aromatic rings. The minimum atomic E-state index is -0.371. The molecule has 0 aliphatic heterocycles. The molecule has 15 heavy (non-hydrogen) atoms. The Morgan fingerprint density at radius 1 is 1.47 bits per heavy atom. The summed E-state index contributed by atoms with van der Waals surface area (Å²) in [5.74, 6) is 0.430. The monoisotopic (exact) mass is 211 g/mol. The maximum atomic E-state index is 11.3. The fourth-order valence-electron chi connectivity index (χ4n) is 1.06. The van der Waals surface area contributed by atoms with Gasteiger partial charge < -0.3 is 10.6 Å². The van der Waals surface area contributed by atoms with Crippen LogP contribution in [0.5, 0.6) is 0 Å². The van der Waals surface area contributed by atoms with Crippen molar-refractivity contribution in [3.8, 4) is 6.07 Å². The molecule has 0 bridgehead atoms. The van der Waals surface area contributed by atoms with Crippen molar-refractivity contribution in [2.45, 2.75) is 39.7 Å². The molecule has 2 N–H and O–H groups in total. The molecule has 0 aliphatic carbocycles. The fourth-order valence-corrected chi connectivity index (χ4v) is 1.06. The van der Waals surface area contributed by atoms with E-state index in [9.17, 15) is 4.79 Å². The summed E-state index contributed by atoms with van der Waals surface area (Å²) in [4.78, 5) is 11.3. The van der Waals surface area contributed by atoms with E-state index in [1.54, 1.807) is 0 Å². The van der Waals surface area contributed by atoms with Gasteiger partial charge in [0.2, 0.25) is 5.91 Å². The van der Waals surface area contributed by atoms with Crippen molar-refractivity contribution >= 4 is 5.91 Å². The van der Waals surface area contributed by atoms with Gasteiger partial charge in [0.15, 0.2) is 0 Å². The van der Waals surface area contributed by atoms with E-state index in [0.717, 1.165) is 13.0 Å². The van der Waals surface area contributed by atoms with Crippen LogP contribution in [0.1, 0.15) is 33.6 Å². The van der Waals surface area contributed by atoms with E-state index < -0.39 is 0 Å². The average molecular weight is 211 g/mol. The third-order valence-corrected chi connectivity index (χ3v) is 1.89. The Bertz CT molecular complexity index is 220. The molecule has 0 aromatic carbocycles. The smallest absolute Gasteiger partial charge is 0.222 e. The molecule has 0 aliphatic rings. The van der Waals surface area contributed by atoms with Crippen molar-refractivity contribution in [1.29, 1.82) is 5.26 Å². The van der Waals surface area contributed by atoms with Crippen LogP contribution in [0, 0.1) is 17.2 Å². The first-order valence-corrected chi connectivity index (χ1v) is 5.49. The Morgan fingerprint density at radius 3 is 2.60 bits per heavy atom. The zero-order chi connectivity index (χ0) is 11.7. The number of hydrogen-bond acceptors (Lipinski definition) is 3. The van der Waals surface area contributed by atoms with Gasteiger partial charge in [-0.15, -0.1) is 0 Å². The van der Waals surface area contributed by atoms with Crippen LogP contribution < -0.4 is 10.6 Å². The lowest BCUT2D eigenvalue weighted by Crippen LogP contribution is -2.36. The highest BCUT2D eigenvalue weighted by Gasteiger charge is 2.12. The molecule has 86 valence electrons. The number of hydrogen-bond donors (Lipinski definition) is 2. The number of rotatable bonds is 7. The lowest BCUT2D eigenvalue weighted by Gasteiger charge is -2.12. The number of carbonyl (C=O) groups excluding carboxylic acids is 1. The van der Waals surface area contributed by atoms with Crippen molar-refractivity contribution in [1.82, 2.24) is 10.6 Å². The van der Waals surface area contributed by atoms with E-state index >= 15 is 0 Å². The van der Waals surface area contributed by atoms with Crippen LogP contribution >= 0.6 is 0 Å². The third kappa shape index (κ3) is 7.95. The molecular weight excluding hydrogens is 190 g/mol. The maximum absolute atomic E-state index is 11.3. The van der Waals surface area contributed by atoms with Gasteiger partial charge in [-0.2, -0.15) is 5.26 Å². The molecule has 0 aromatic heterocycles. The van der Waals surface area contributed by atoms with Gasteiger partial charge in [0.25, 0.3) is 0 Å². The summed E-state index contributed by atoms with van der Waals surface area (Å²) in [6, 6.07) is 1.72. The van der Waals surface area contributed by atoms with E-state index in [1.807, 2.05) is 6.92 Å². The Kier molecular flexibility index (Phi) is 7.65. The van der Waals surface area contributed by atoms with Crippen molar-refractivity contribution in [2.24, 2.45) is 5.92 Å². The predicted octanol–water partition coefficient (Wildman–Crippen LogP) is 1.04. The van der Waals surface area contributed by atoms with E-state index in [4.69, 9.17) is 5.26 Å². The minimum absolute atomic E-state index is 0.0559. The fraction of sp³-hybridized carbons (Fsp3) is 0.818. The van der Waals surface area contributed by atoms with Crippen molar-refractivity contribution < 1.29 is 4.79 Å². The largest absolute Gasteiger partial charge is 0.356 e. The van der Waals surface area contributed by atoms with E-state index in [2.05, 4.69) is 30.6 Å². The van der Waals surface area contributed by atoms with Gasteiger partial charge >= 0.3 is 0 Å². The zero-order valence-electron chi connectivity index (χ0n) is 9.84. The summed E-state index contributed by atoms with van der Waals surface area (Å²) < 4.78 is 0. The number of nitrogens with one attached hydrogen (secondary N) is 2. The maximum Gasteiger partial charge on any atom is 0.222 e. The van der Waals surface area contributed by atoms with Crippen molar-refractivity contribution in [3.05, 3.63) is 0 Å². The summed E-state index contributed by atoms with van der Waals surface area (Å²) in [5.41, 5.74) is 0. The molecule has 4 heteroatoms. The second-order valence-corrected chi connectivity index (χ2v) is 4.04. The van der Waals surface area contributed by atoms with Gasteiger partial charge in [-0.3, -0.25) is 4.79 Å². The van der Waals surface area contributed by atoms with Crippen molar-refractivity contribution in [2.75, 3.05) is 13.1 Å². The van der Waals surface area contributed by atoms with Gasteiger partial charge in [-0.1, -0.05) is 20.8 Å². The van der Waals surface area contributed by atoms with Gasteiger partial charge in [0.1, 0.15) is 6.04 Å². The Labute approximate surface area is 92.0 Å².